The van der Waals surface area contributed by atoms with E-state index in [0.29, 0.717) is 25.7 Å². The maximum atomic E-state index is 13.7. The molecule has 1 aliphatic heterocycles. The summed E-state index contributed by atoms with van der Waals surface area (Å²) >= 11 is 3.09. The highest BCUT2D eigenvalue weighted by atomic mass is 79.9. The summed E-state index contributed by atoms with van der Waals surface area (Å²) in [6.07, 6.45) is -3.42. The first-order valence-corrected chi connectivity index (χ1v) is 14.3. The van der Waals surface area contributed by atoms with E-state index in [4.69, 9.17) is 0 Å². The fourth-order valence-electron chi connectivity index (χ4n) is 5.94. The van der Waals surface area contributed by atoms with Crippen molar-refractivity contribution in [3.8, 4) is 0 Å². The average Bonchev–Trinajstić information content (AvgIpc) is 3.40. The lowest BCUT2D eigenvalue weighted by Gasteiger charge is -2.34. The van der Waals surface area contributed by atoms with E-state index in [9.17, 15) is 37.1 Å². The number of hydrogen-bond acceptors (Lipinski definition) is 3. The third-order valence-electron chi connectivity index (χ3n) is 8.48. The molecule has 1 heterocycles. The molecule has 2 aliphatic rings. The minimum Gasteiger partial charge on any atom is -0.465 e. The number of rotatable bonds is 5. The third kappa shape index (κ3) is 6.82. The predicted octanol–water partition coefficient (Wildman–Crippen LogP) is 6.26. The Labute approximate surface area is 250 Å². The van der Waals surface area contributed by atoms with Gasteiger partial charge in [-0.05, 0) is 61.6 Å². The molecule has 2 aromatic rings. The lowest BCUT2D eigenvalue weighted by atomic mass is 9.84. The summed E-state index contributed by atoms with van der Waals surface area (Å²) < 4.78 is 54.2. The van der Waals surface area contributed by atoms with Crippen LogP contribution in [0.5, 0.6) is 0 Å². The van der Waals surface area contributed by atoms with Crippen LogP contribution in [0.2, 0.25) is 0 Å². The molecule has 8 nitrogen and oxygen atoms in total. The number of carboxylic acid groups (broad SMARTS) is 1. The summed E-state index contributed by atoms with van der Waals surface area (Å²) in [5, 5.41) is 9.28. The van der Waals surface area contributed by atoms with Gasteiger partial charge in [0, 0.05) is 62.3 Å². The van der Waals surface area contributed by atoms with E-state index < -0.39 is 35.7 Å². The Morgan fingerprint density at radius 3 is 2.12 bits per heavy atom. The highest BCUT2D eigenvalue weighted by Crippen LogP contribution is 2.37. The molecule has 2 aromatic carbocycles. The molecular weight excluding hydrogens is 624 g/mol. The Bertz CT molecular complexity index is 1320. The van der Waals surface area contributed by atoms with Gasteiger partial charge < -0.3 is 19.8 Å². The summed E-state index contributed by atoms with van der Waals surface area (Å²) in [7, 11) is 4.46. The van der Waals surface area contributed by atoms with E-state index in [-0.39, 0.29) is 47.0 Å². The van der Waals surface area contributed by atoms with Crippen molar-refractivity contribution in [3.05, 3.63) is 63.9 Å². The normalized spacial score (nSPS) is 22.5. The molecule has 0 bridgehead atoms. The molecule has 1 aliphatic carbocycles. The molecule has 2 fully saturated rings. The number of likely N-dealkylation sites (N-methyl/N-ethyl adjacent to an activating group) is 1. The van der Waals surface area contributed by atoms with Crippen molar-refractivity contribution in [2.24, 2.45) is 5.92 Å². The second kappa shape index (κ2) is 12.5. The van der Waals surface area contributed by atoms with Crippen LogP contribution in [0.3, 0.4) is 0 Å². The number of carbonyl (C=O) groups excluding carboxylic acids is 2. The summed E-state index contributed by atoms with van der Waals surface area (Å²) in [4.78, 5) is 44.1. The van der Waals surface area contributed by atoms with E-state index >= 15 is 0 Å². The molecule has 0 aromatic heterocycles. The number of nitrogens with zero attached hydrogens (tertiary/aromatic N) is 4. The highest BCUT2D eigenvalue weighted by Gasteiger charge is 2.43. The van der Waals surface area contributed by atoms with Gasteiger partial charge in [-0.1, -0.05) is 28.1 Å². The lowest BCUT2D eigenvalue weighted by Crippen LogP contribution is -2.48. The lowest BCUT2D eigenvalue weighted by molar-refractivity contribution is -0.137. The topological polar surface area (TPSA) is 84.4 Å². The molecule has 228 valence electrons. The Morgan fingerprint density at radius 2 is 1.55 bits per heavy atom. The minimum atomic E-state index is -4.60. The smallest absolute Gasteiger partial charge is 0.416 e. The second-order valence-corrected chi connectivity index (χ2v) is 11.9. The van der Waals surface area contributed by atoms with Crippen LogP contribution in [-0.2, 0) is 11.0 Å². The van der Waals surface area contributed by atoms with Crippen molar-refractivity contribution in [2.45, 2.75) is 49.9 Å². The van der Waals surface area contributed by atoms with Crippen molar-refractivity contribution >= 4 is 39.6 Å². The number of halogens is 5. The average molecular weight is 658 g/mol. The van der Waals surface area contributed by atoms with Gasteiger partial charge in [0.2, 0.25) is 5.91 Å². The Hall–Kier alpha value is -3.35. The van der Waals surface area contributed by atoms with Gasteiger partial charge in [-0.2, -0.15) is 13.2 Å². The number of likely N-dealkylation sites (tertiary alicyclic amines) is 1. The molecule has 0 spiro atoms. The molecule has 0 unspecified atom stereocenters. The van der Waals surface area contributed by atoms with Crippen molar-refractivity contribution in [1.29, 1.82) is 0 Å². The van der Waals surface area contributed by atoms with Crippen LogP contribution < -0.4 is 4.90 Å². The molecule has 1 saturated carbocycles. The molecule has 1 saturated heterocycles. The standard InChI is InChI=1S/C29H33BrF4N4O4/c1-35(23-13-19(29(32,33)34)12-20(30)14-23)27(40)37(3)25-16-38(15-24(25)17-4-8-21(31)9-5-17)26(39)18-6-10-22(11-7-18)36(2)28(41)42/h4-5,8-9,12-14,18,22,24-25H,6-7,10-11,15-16H2,1-3H3,(H,41,42)/t18?,22?,24-,25+/m0/s1. The van der Waals surface area contributed by atoms with Crippen molar-refractivity contribution in [3.63, 3.8) is 0 Å². The molecule has 4 rings (SSSR count). The van der Waals surface area contributed by atoms with Crippen molar-refractivity contribution < 1.29 is 37.1 Å². The van der Waals surface area contributed by atoms with E-state index in [0.717, 1.165) is 22.6 Å². The van der Waals surface area contributed by atoms with Crippen LogP contribution in [0.1, 0.15) is 42.7 Å². The number of hydrogen-bond donors (Lipinski definition) is 1. The first-order chi connectivity index (χ1) is 19.7. The maximum absolute atomic E-state index is 13.7. The van der Waals surface area contributed by atoms with Gasteiger partial charge in [0.05, 0.1) is 11.6 Å². The zero-order chi connectivity index (χ0) is 30.9. The first kappa shape index (κ1) is 31.6. The van der Waals surface area contributed by atoms with Crippen molar-refractivity contribution in [1.82, 2.24) is 14.7 Å². The number of carbonyl (C=O) groups is 3. The van der Waals surface area contributed by atoms with E-state index in [1.54, 1.807) is 24.1 Å². The van der Waals surface area contributed by atoms with Crippen LogP contribution in [0, 0.1) is 11.7 Å². The fourth-order valence-corrected chi connectivity index (χ4v) is 6.42. The largest absolute Gasteiger partial charge is 0.465 e. The zero-order valence-electron chi connectivity index (χ0n) is 23.4. The maximum Gasteiger partial charge on any atom is 0.416 e. The van der Waals surface area contributed by atoms with Gasteiger partial charge in [-0.25, -0.2) is 14.0 Å². The first-order valence-electron chi connectivity index (χ1n) is 13.6. The van der Waals surface area contributed by atoms with Gasteiger partial charge in [-0.3, -0.25) is 9.69 Å². The number of benzene rings is 2. The molecule has 0 radical (unpaired) electrons. The highest BCUT2D eigenvalue weighted by molar-refractivity contribution is 9.10. The Morgan fingerprint density at radius 1 is 0.929 bits per heavy atom. The summed E-state index contributed by atoms with van der Waals surface area (Å²) in [6, 6.07) is 7.85. The van der Waals surface area contributed by atoms with Crippen LogP contribution in [-0.4, -0.2) is 84.2 Å². The Kier molecular flexibility index (Phi) is 9.39. The predicted molar refractivity (Wildman–Crippen MR) is 152 cm³/mol. The minimum absolute atomic E-state index is 0.0425. The van der Waals surface area contributed by atoms with E-state index in [2.05, 4.69) is 15.9 Å². The SMILES string of the molecule is CN(C(=O)N(C)[C@@H]1CN(C(=O)C2CCC(N(C)C(=O)O)CC2)C[C@H]1c1ccc(F)cc1)c1cc(Br)cc(C(F)(F)F)c1. The second-order valence-electron chi connectivity index (χ2n) is 11.0. The third-order valence-corrected chi connectivity index (χ3v) is 8.94. The van der Waals surface area contributed by atoms with Gasteiger partial charge in [-0.15, -0.1) is 0 Å². The molecule has 4 amide bonds. The number of urea groups is 1. The molecular formula is C29H33BrF4N4O4. The molecule has 2 atom stereocenters. The van der Waals surface area contributed by atoms with Crippen molar-refractivity contribution in [2.75, 3.05) is 39.1 Å². The molecule has 1 N–H and O–H groups in total. The summed E-state index contributed by atoms with van der Waals surface area (Å²) in [5.74, 6) is -1.16. The zero-order valence-corrected chi connectivity index (χ0v) is 25.0. The summed E-state index contributed by atoms with van der Waals surface area (Å²) in [5.41, 5.74) is -0.131. The van der Waals surface area contributed by atoms with E-state index in [1.807, 2.05) is 0 Å². The van der Waals surface area contributed by atoms with Crippen LogP contribution in [0.15, 0.2) is 46.9 Å². The van der Waals surface area contributed by atoms with Crippen LogP contribution in [0.25, 0.3) is 0 Å². The monoisotopic (exact) mass is 656 g/mol. The number of alkyl halides is 3. The fraction of sp³-hybridized carbons (Fsp3) is 0.483. The van der Waals surface area contributed by atoms with E-state index in [1.165, 1.54) is 42.1 Å². The number of amides is 4. The van der Waals surface area contributed by atoms with Gasteiger partial charge in [0.1, 0.15) is 5.82 Å². The van der Waals surface area contributed by atoms with Crippen LogP contribution in [0.4, 0.5) is 32.8 Å². The molecule has 42 heavy (non-hydrogen) atoms. The quantitative estimate of drug-likeness (QED) is 0.385. The molecule has 13 heteroatoms. The Balaban J connectivity index is 1.54. The van der Waals surface area contributed by atoms with Gasteiger partial charge in [0.15, 0.2) is 0 Å². The number of anilines is 1. The van der Waals surface area contributed by atoms with Crippen LogP contribution >= 0.6 is 15.9 Å². The van der Waals surface area contributed by atoms with Gasteiger partial charge >= 0.3 is 18.3 Å². The summed E-state index contributed by atoms with van der Waals surface area (Å²) in [6.45, 7) is 0.471. The van der Waals surface area contributed by atoms with Gasteiger partial charge in [0.25, 0.3) is 0 Å².